The van der Waals surface area contributed by atoms with E-state index >= 15 is 0 Å². The Morgan fingerprint density at radius 2 is 1.52 bits per heavy atom. The summed E-state index contributed by atoms with van der Waals surface area (Å²) in [4.78, 5) is 2.38. The van der Waals surface area contributed by atoms with E-state index in [1.165, 1.54) is 38.8 Å². The lowest BCUT2D eigenvalue weighted by Gasteiger charge is -2.25. The fourth-order valence-electron chi connectivity index (χ4n) is 3.93. The Kier molecular flexibility index (Phi) is 3.37. The van der Waals surface area contributed by atoms with Crippen molar-refractivity contribution in [1.82, 2.24) is 0 Å². The molecule has 116 valence electrons. The van der Waals surface area contributed by atoms with E-state index in [0.29, 0.717) is 5.92 Å². The molecule has 0 amide bonds. The molecule has 3 aromatic carbocycles. The second kappa shape index (κ2) is 5.42. The SMILES string of the molecule is CC(C)c1cc2c(c3ccccc13)CCc1ccccc1N2C. The Balaban J connectivity index is 2.03. The average Bonchev–Trinajstić information content (AvgIpc) is 2.72. The molecule has 0 radical (unpaired) electrons. The Bertz CT molecular complexity index is 876. The monoisotopic (exact) mass is 301 g/mol. The highest BCUT2D eigenvalue weighted by molar-refractivity contribution is 5.95. The van der Waals surface area contributed by atoms with Crippen LogP contribution in [0.15, 0.2) is 54.6 Å². The van der Waals surface area contributed by atoms with Gasteiger partial charge in [0.1, 0.15) is 0 Å². The fourth-order valence-corrected chi connectivity index (χ4v) is 3.93. The summed E-state index contributed by atoms with van der Waals surface area (Å²) in [6.07, 6.45) is 2.22. The third-order valence-corrected chi connectivity index (χ3v) is 5.15. The number of fused-ring (bicyclic) bond motifs is 4. The number of anilines is 2. The number of benzene rings is 3. The van der Waals surface area contributed by atoms with Gasteiger partial charge in [-0.2, -0.15) is 0 Å². The van der Waals surface area contributed by atoms with Crippen molar-refractivity contribution < 1.29 is 0 Å². The molecule has 1 heteroatoms. The molecule has 0 fully saturated rings. The Hall–Kier alpha value is -2.28. The number of aryl methyl sites for hydroxylation is 2. The molecule has 0 aliphatic carbocycles. The van der Waals surface area contributed by atoms with E-state index in [0.717, 1.165) is 12.8 Å². The van der Waals surface area contributed by atoms with Gasteiger partial charge in [0.15, 0.2) is 0 Å². The second-order valence-electron chi connectivity index (χ2n) is 6.85. The van der Waals surface area contributed by atoms with Crippen LogP contribution in [0, 0.1) is 0 Å². The van der Waals surface area contributed by atoms with Gasteiger partial charge in [-0.25, -0.2) is 0 Å². The molecule has 23 heavy (non-hydrogen) atoms. The highest BCUT2D eigenvalue weighted by Gasteiger charge is 2.21. The first-order valence-electron chi connectivity index (χ1n) is 8.53. The summed E-state index contributed by atoms with van der Waals surface area (Å²) in [6.45, 7) is 4.58. The van der Waals surface area contributed by atoms with E-state index in [4.69, 9.17) is 0 Å². The fraction of sp³-hybridized carbons (Fsp3) is 0.273. The number of rotatable bonds is 1. The molecule has 0 spiro atoms. The lowest BCUT2D eigenvalue weighted by molar-refractivity contribution is 0.874. The molecular weight excluding hydrogens is 278 g/mol. The van der Waals surface area contributed by atoms with E-state index in [1.54, 1.807) is 0 Å². The Morgan fingerprint density at radius 3 is 2.30 bits per heavy atom. The second-order valence-corrected chi connectivity index (χ2v) is 6.85. The van der Waals surface area contributed by atoms with Gasteiger partial charge in [-0.15, -0.1) is 0 Å². The molecule has 4 rings (SSSR count). The number of hydrogen-bond acceptors (Lipinski definition) is 1. The normalized spacial score (nSPS) is 13.8. The van der Waals surface area contributed by atoms with Crippen LogP contribution < -0.4 is 4.90 Å². The van der Waals surface area contributed by atoms with Gasteiger partial charge >= 0.3 is 0 Å². The first-order valence-corrected chi connectivity index (χ1v) is 8.53. The minimum Gasteiger partial charge on any atom is -0.344 e. The van der Waals surface area contributed by atoms with Crippen molar-refractivity contribution in [1.29, 1.82) is 0 Å². The molecular formula is C22H23N. The zero-order valence-electron chi connectivity index (χ0n) is 14.1. The summed E-state index contributed by atoms with van der Waals surface area (Å²) in [6, 6.07) is 20.1. The van der Waals surface area contributed by atoms with Gasteiger partial charge < -0.3 is 4.90 Å². The van der Waals surface area contributed by atoms with Crippen LogP contribution >= 0.6 is 0 Å². The van der Waals surface area contributed by atoms with E-state index in [-0.39, 0.29) is 0 Å². The smallest absolute Gasteiger partial charge is 0.0450 e. The van der Waals surface area contributed by atoms with Gasteiger partial charge in [-0.1, -0.05) is 56.3 Å². The summed E-state index contributed by atoms with van der Waals surface area (Å²) >= 11 is 0. The zero-order valence-corrected chi connectivity index (χ0v) is 14.1. The van der Waals surface area contributed by atoms with Crippen molar-refractivity contribution in [3.8, 4) is 0 Å². The summed E-state index contributed by atoms with van der Waals surface area (Å²) < 4.78 is 0. The molecule has 0 saturated heterocycles. The van der Waals surface area contributed by atoms with Crippen LogP contribution in [0.4, 0.5) is 11.4 Å². The summed E-state index contributed by atoms with van der Waals surface area (Å²) in [5, 5.41) is 2.84. The van der Waals surface area contributed by atoms with Gasteiger partial charge in [0, 0.05) is 18.4 Å². The zero-order chi connectivity index (χ0) is 16.0. The highest BCUT2D eigenvalue weighted by Crippen LogP contribution is 2.41. The number of hydrogen-bond donors (Lipinski definition) is 0. The Labute approximate surface area is 138 Å². The number of nitrogens with zero attached hydrogens (tertiary/aromatic N) is 1. The summed E-state index contributed by atoms with van der Waals surface area (Å²) in [5.41, 5.74) is 7.10. The number of para-hydroxylation sites is 1. The van der Waals surface area contributed by atoms with E-state index < -0.39 is 0 Å². The van der Waals surface area contributed by atoms with Gasteiger partial charge in [0.25, 0.3) is 0 Å². The van der Waals surface area contributed by atoms with Crippen molar-refractivity contribution >= 4 is 22.1 Å². The van der Waals surface area contributed by atoms with Gasteiger partial charge in [0.05, 0.1) is 0 Å². The van der Waals surface area contributed by atoms with E-state index in [2.05, 4.69) is 80.4 Å². The topological polar surface area (TPSA) is 3.24 Å². The van der Waals surface area contributed by atoms with Gasteiger partial charge in [-0.3, -0.25) is 0 Å². The molecule has 0 unspecified atom stereocenters. The van der Waals surface area contributed by atoms with Crippen molar-refractivity contribution in [3.05, 3.63) is 71.3 Å². The lowest BCUT2D eigenvalue weighted by Crippen LogP contribution is -2.12. The predicted molar refractivity (Wildman–Crippen MR) is 100.0 cm³/mol. The molecule has 1 aliphatic rings. The maximum absolute atomic E-state index is 2.42. The van der Waals surface area contributed by atoms with Crippen LogP contribution in [-0.4, -0.2) is 7.05 Å². The largest absolute Gasteiger partial charge is 0.344 e. The minimum atomic E-state index is 0.525. The molecule has 1 nitrogen and oxygen atoms in total. The molecule has 0 saturated carbocycles. The van der Waals surface area contributed by atoms with E-state index in [9.17, 15) is 0 Å². The quantitative estimate of drug-likeness (QED) is 0.546. The van der Waals surface area contributed by atoms with Crippen LogP contribution in [0.25, 0.3) is 10.8 Å². The molecule has 3 aromatic rings. The molecule has 1 heterocycles. The summed E-state index contributed by atoms with van der Waals surface area (Å²) in [7, 11) is 2.21. The van der Waals surface area contributed by atoms with Crippen molar-refractivity contribution in [2.24, 2.45) is 0 Å². The third-order valence-electron chi connectivity index (χ3n) is 5.15. The van der Waals surface area contributed by atoms with Crippen molar-refractivity contribution in [3.63, 3.8) is 0 Å². The maximum atomic E-state index is 2.42. The van der Waals surface area contributed by atoms with Crippen molar-refractivity contribution in [2.75, 3.05) is 11.9 Å². The average molecular weight is 301 g/mol. The van der Waals surface area contributed by atoms with Crippen LogP contribution in [0.1, 0.15) is 36.5 Å². The molecule has 0 bridgehead atoms. The maximum Gasteiger partial charge on any atom is 0.0450 e. The van der Waals surface area contributed by atoms with E-state index in [1.807, 2.05) is 0 Å². The summed E-state index contributed by atoms with van der Waals surface area (Å²) in [5.74, 6) is 0.525. The van der Waals surface area contributed by atoms with Gasteiger partial charge in [0.2, 0.25) is 0 Å². The van der Waals surface area contributed by atoms with Crippen molar-refractivity contribution in [2.45, 2.75) is 32.6 Å². The molecule has 0 N–H and O–H groups in total. The first-order chi connectivity index (χ1) is 11.2. The minimum absolute atomic E-state index is 0.525. The van der Waals surface area contributed by atoms with Crippen LogP contribution in [-0.2, 0) is 12.8 Å². The van der Waals surface area contributed by atoms with Crippen LogP contribution in [0.5, 0.6) is 0 Å². The van der Waals surface area contributed by atoms with Crippen LogP contribution in [0.2, 0.25) is 0 Å². The molecule has 1 aliphatic heterocycles. The lowest BCUT2D eigenvalue weighted by atomic mass is 9.90. The predicted octanol–water partition coefficient (Wildman–Crippen LogP) is 5.83. The highest BCUT2D eigenvalue weighted by atomic mass is 15.1. The third kappa shape index (κ3) is 2.23. The molecule has 0 atom stereocenters. The van der Waals surface area contributed by atoms with Crippen LogP contribution in [0.3, 0.4) is 0 Å². The Morgan fingerprint density at radius 1 is 0.826 bits per heavy atom. The first kappa shape index (κ1) is 14.3. The molecule has 0 aromatic heterocycles. The van der Waals surface area contributed by atoms with Gasteiger partial charge in [-0.05, 0) is 58.4 Å². The standard InChI is InChI=1S/C22H23N/c1-15(2)20-14-22-19(17-9-5-6-10-18(17)20)13-12-16-8-4-7-11-21(16)23(22)3/h4-11,14-15H,12-13H2,1-3H3.